The number of amides is 1. The fraction of sp³-hybridized carbons (Fsp3) is 0.526. The van der Waals surface area contributed by atoms with Crippen molar-refractivity contribution in [2.75, 3.05) is 33.3 Å². The van der Waals surface area contributed by atoms with Crippen molar-refractivity contribution in [2.24, 2.45) is 7.05 Å². The van der Waals surface area contributed by atoms with E-state index < -0.39 is 0 Å². The van der Waals surface area contributed by atoms with Crippen molar-refractivity contribution >= 4 is 5.91 Å². The first kappa shape index (κ1) is 18.4. The number of aryl methyl sites for hydroxylation is 1. The monoisotopic (exact) mass is 357 g/mol. The Hall–Kier alpha value is -2.41. The minimum Gasteiger partial charge on any atom is -0.480 e. The summed E-state index contributed by atoms with van der Waals surface area (Å²) in [6.45, 7) is 8.17. The van der Waals surface area contributed by atoms with Gasteiger partial charge in [0, 0.05) is 45.1 Å². The second-order valence-corrected chi connectivity index (χ2v) is 6.74. The highest BCUT2D eigenvalue weighted by Crippen LogP contribution is 2.18. The zero-order chi connectivity index (χ0) is 18.7. The molecule has 1 fully saturated rings. The molecule has 7 nitrogen and oxygen atoms in total. The van der Waals surface area contributed by atoms with Crippen LogP contribution in [0.4, 0.5) is 0 Å². The third-order valence-electron chi connectivity index (χ3n) is 5.15. The molecule has 0 atom stereocenters. The summed E-state index contributed by atoms with van der Waals surface area (Å²) in [5, 5.41) is 0. The van der Waals surface area contributed by atoms with Crippen LogP contribution in [-0.2, 0) is 13.6 Å². The highest BCUT2D eigenvalue weighted by Gasteiger charge is 2.24. The Morgan fingerprint density at radius 3 is 2.73 bits per heavy atom. The van der Waals surface area contributed by atoms with E-state index >= 15 is 0 Å². The Balaban J connectivity index is 1.66. The summed E-state index contributed by atoms with van der Waals surface area (Å²) in [5.74, 6) is 1.45. The number of nitrogens with zero attached hydrogens (tertiary/aromatic N) is 5. The SMILES string of the molecule is COc1ncccc1C(=O)N1CCCN(Cc2nc(C)c(C)n2C)CC1. The van der Waals surface area contributed by atoms with Gasteiger partial charge in [0.25, 0.3) is 5.91 Å². The molecule has 1 aliphatic heterocycles. The molecule has 0 saturated carbocycles. The van der Waals surface area contributed by atoms with Gasteiger partial charge >= 0.3 is 0 Å². The van der Waals surface area contributed by atoms with E-state index in [-0.39, 0.29) is 5.91 Å². The minimum absolute atomic E-state index is 0.0134. The van der Waals surface area contributed by atoms with Crippen LogP contribution in [0.1, 0.15) is 34.0 Å². The van der Waals surface area contributed by atoms with Gasteiger partial charge in [-0.25, -0.2) is 9.97 Å². The minimum atomic E-state index is -0.0134. The fourth-order valence-corrected chi connectivity index (χ4v) is 3.35. The molecule has 1 aliphatic rings. The van der Waals surface area contributed by atoms with Crippen molar-refractivity contribution < 1.29 is 9.53 Å². The quantitative estimate of drug-likeness (QED) is 0.835. The average Bonchev–Trinajstić information content (AvgIpc) is 2.84. The van der Waals surface area contributed by atoms with Crippen LogP contribution in [0.15, 0.2) is 18.3 Å². The summed E-state index contributed by atoms with van der Waals surface area (Å²) in [6, 6.07) is 3.54. The number of carbonyl (C=O) groups excluding carboxylic acids is 1. The molecular formula is C19H27N5O2. The molecule has 0 N–H and O–H groups in total. The molecular weight excluding hydrogens is 330 g/mol. The molecule has 0 aromatic carbocycles. The maximum Gasteiger partial charge on any atom is 0.259 e. The third kappa shape index (κ3) is 3.72. The number of ether oxygens (including phenoxy) is 1. The van der Waals surface area contributed by atoms with Gasteiger partial charge in [-0.2, -0.15) is 0 Å². The average molecular weight is 357 g/mol. The molecule has 3 rings (SSSR count). The Bertz CT molecular complexity index is 786. The van der Waals surface area contributed by atoms with E-state index in [4.69, 9.17) is 4.74 Å². The van der Waals surface area contributed by atoms with Crippen LogP contribution in [0.2, 0.25) is 0 Å². The number of imidazole rings is 1. The van der Waals surface area contributed by atoms with Crippen LogP contribution in [0.5, 0.6) is 5.88 Å². The summed E-state index contributed by atoms with van der Waals surface area (Å²) in [7, 11) is 3.60. The lowest BCUT2D eigenvalue weighted by Crippen LogP contribution is -2.35. The molecule has 0 aliphatic carbocycles. The lowest BCUT2D eigenvalue weighted by atomic mass is 10.2. The number of hydrogen-bond donors (Lipinski definition) is 0. The topological polar surface area (TPSA) is 63.5 Å². The highest BCUT2D eigenvalue weighted by molar-refractivity contribution is 5.96. The van der Waals surface area contributed by atoms with E-state index in [9.17, 15) is 4.79 Å². The zero-order valence-corrected chi connectivity index (χ0v) is 16.0. The van der Waals surface area contributed by atoms with Gasteiger partial charge in [-0.15, -0.1) is 0 Å². The maximum atomic E-state index is 12.9. The van der Waals surface area contributed by atoms with E-state index in [1.54, 1.807) is 25.4 Å². The number of pyridine rings is 1. The molecule has 0 radical (unpaired) electrons. The van der Waals surface area contributed by atoms with E-state index in [1.165, 1.54) is 5.69 Å². The van der Waals surface area contributed by atoms with E-state index in [0.717, 1.165) is 44.1 Å². The number of aromatic nitrogens is 3. The summed E-state index contributed by atoms with van der Waals surface area (Å²) < 4.78 is 7.39. The summed E-state index contributed by atoms with van der Waals surface area (Å²) >= 11 is 0. The van der Waals surface area contributed by atoms with Crippen molar-refractivity contribution in [3.8, 4) is 5.88 Å². The van der Waals surface area contributed by atoms with Crippen molar-refractivity contribution in [1.82, 2.24) is 24.3 Å². The number of carbonyl (C=O) groups is 1. The van der Waals surface area contributed by atoms with E-state index in [0.29, 0.717) is 18.0 Å². The molecule has 2 aromatic heterocycles. The van der Waals surface area contributed by atoms with E-state index in [1.807, 2.05) is 11.8 Å². The Morgan fingerprint density at radius 1 is 1.23 bits per heavy atom. The molecule has 0 spiro atoms. The van der Waals surface area contributed by atoms with Crippen LogP contribution in [0.25, 0.3) is 0 Å². The Labute approximate surface area is 154 Å². The third-order valence-corrected chi connectivity index (χ3v) is 5.15. The van der Waals surface area contributed by atoms with Gasteiger partial charge in [0.15, 0.2) is 0 Å². The first-order valence-electron chi connectivity index (χ1n) is 9.00. The Morgan fingerprint density at radius 2 is 2.04 bits per heavy atom. The van der Waals surface area contributed by atoms with Gasteiger partial charge < -0.3 is 14.2 Å². The smallest absolute Gasteiger partial charge is 0.259 e. The predicted molar refractivity (Wildman–Crippen MR) is 99.3 cm³/mol. The van der Waals surface area contributed by atoms with Crippen LogP contribution >= 0.6 is 0 Å². The second kappa shape index (κ2) is 7.86. The van der Waals surface area contributed by atoms with Gasteiger partial charge in [-0.1, -0.05) is 0 Å². The van der Waals surface area contributed by atoms with Crippen LogP contribution < -0.4 is 4.74 Å². The first-order valence-corrected chi connectivity index (χ1v) is 9.00. The Kier molecular flexibility index (Phi) is 5.56. The van der Waals surface area contributed by atoms with Crippen molar-refractivity contribution in [1.29, 1.82) is 0 Å². The van der Waals surface area contributed by atoms with Crippen molar-refractivity contribution in [2.45, 2.75) is 26.8 Å². The largest absolute Gasteiger partial charge is 0.480 e. The molecule has 0 bridgehead atoms. The van der Waals surface area contributed by atoms with Crippen LogP contribution in [-0.4, -0.2) is 63.5 Å². The summed E-state index contributed by atoms with van der Waals surface area (Å²) in [6.07, 6.45) is 2.58. The fourth-order valence-electron chi connectivity index (χ4n) is 3.35. The molecule has 140 valence electrons. The van der Waals surface area contributed by atoms with Gasteiger partial charge in [-0.3, -0.25) is 9.69 Å². The molecule has 26 heavy (non-hydrogen) atoms. The normalized spacial score (nSPS) is 15.8. The van der Waals surface area contributed by atoms with Gasteiger partial charge in [0.2, 0.25) is 5.88 Å². The number of rotatable bonds is 4. The lowest BCUT2D eigenvalue weighted by molar-refractivity contribution is 0.0756. The standard InChI is InChI=1S/C19H27N5O2/c1-14-15(2)22(3)17(21-14)13-23-9-6-10-24(12-11-23)19(25)16-7-5-8-20-18(16)26-4/h5,7-8H,6,9-13H2,1-4H3. The number of methoxy groups -OCH3 is 1. The van der Waals surface area contributed by atoms with Gasteiger partial charge in [-0.05, 0) is 32.4 Å². The lowest BCUT2D eigenvalue weighted by Gasteiger charge is -2.22. The molecule has 0 unspecified atom stereocenters. The van der Waals surface area contributed by atoms with E-state index in [2.05, 4.69) is 33.4 Å². The van der Waals surface area contributed by atoms with Crippen LogP contribution in [0.3, 0.4) is 0 Å². The summed E-state index contributed by atoms with van der Waals surface area (Å²) in [5.41, 5.74) is 2.81. The zero-order valence-electron chi connectivity index (χ0n) is 16.0. The van der Waals surface area contributed by atoms with Crippen LogP contribution in [0, 0.1) is 13.8 Å². The number of hydrogen-bond acceptors (Lipinski definition) is 5. The van der Waals surface area contributed by atoms with Gasteiger partial charge in [0.1, 0.15) is 11.4 Å². The van der Waals surface area contributed by atoms with Crippen molar-refractivity contribution in [3.05, 3.63) is 41.1 Å². The maximum absolute atomic E-state index is 12.9. The van der Waals surface area contributed by atoms with Crippen molar-refractivity contribution in [3.63, 3.8) is 0 Å². The molecule has 1 saturated heterocycles. The second-order valence-electron chi connectivity index (χ2n) is 6.74. The first-order chi connectivity index (χ1) is 12.5. The summed E-state index contributed by atoms with van der Waals surface area (Å²) in [4.78, 5) is 25.9. The predicted octanol–water partition coefficient (Wildman–Crippen LogP) is 1.79. The molecule has 7 heteroatoms. The molecule has 2 aromatic rings. The molecule has 1 amide bonds. The van der Waals surface area contributed by atoms with Gasteiger partial charge in [0.05, 0.1) is 19.3 Å². The highest BCUT2D eigenvalue weighted by atomic mass is 16.5. The molecule has 3 heterocycles.